The number of amides is 1. The van der Waals surface area contributed by atoms with Gasteiger partial charge in [0.05, 0.1) is 17.9 Å². The number of rotatable bonds is 23. The van der Waals surface area contributed by atoms with Gasteiger partial charge in [0.1, 0.15) is 6.10 Å². The van der Waals surface area contributed by atoms with E-state index in [2.05, 4.69) is 55.6 Å². The van der Waals surface area contributed by atoms with Crippen LogP contribution < -0.4 is 5.32 Å². The van der Waals surface area contributed by atoms with Gasteiger partial charge >= 0.3 is 0 Å². The van der Waals surface area contributed by atoms with Gasteiger partial charge in [0.25, 0.3) is 10.1 Å². The van der Waals surface area contributed by atoms with E-state index in [1.165, 1.54) is 18.9 Å². The van der Waals surface area contributed by atoms with E-state index in [4.69, 9.17) is 0 Å². The first-order valence-electron chi connectivity index (χ1n) is 13.9. The fourth-order valence-electron chi connectivity index (χ4n) is 3.65. The van der Waals surface area contributed by atoms with E-state index in [9.17, 15) is 28.0 Å². The summed E-state index contributed by atoms with van der Waals surface area (Å²) in [6.45, 7) is 4.27. The minimum absolute atomic E-state index is 0.253. The van der Waals surface area contributed by atoms with Crippen molar-refractivity contribution in [3.63, 3.8) is 0 Å². The van der Waals surface area contributed by atoms with Crippen LogP contribution >= 0.6 is 0 Å². The Morgan fingerprint density at radius 2 is 1.30 bits per heavy atom. The quantitative estimate of drug-likeness (QED) is 0.0735. The third kappa shape index (κ3) is 23.1. The zero-order valence-electron chi connectivity index (χ0n) is 22.9. The number of carbonyl (C=O) groups is 1. The van der Waals surface area contributed by atoms with Crippen molar-refractivity contribution < 1.29 is 28.0 Å². The standard InChI is InChI=1S/C29H51NO6S/c1-3-5-7-9-11-13-15-17-19-21-23-27(31)26(25-37(34,35)36)30-29(33)28(32)24-22-20-18-16-14-12-10-8-6-4-2/h5,7,10,12-13,15,21,23,26-28,31-32H,3-4,6,8-9,11,14,16-20,22,24-25H2,1-2H3,(H,30,33)(H,34,35,36)/b7-5+,12-10-,15-13+,23-21+. The molecule has 37 heavy (non-hydrogen) atoms. The van der Waals surface area contributed by atoms with Gasteiger partial charge in [-0.25, -0.2) is 0 Å². The molecule has 0 saturated carbocycles. The third-order valence-corrected chi connectivity index (χ3v) is 6.60. The van der Waals surface area contributed by atoms with E-state index in [0.717, 1.165) is 57.8 Å². The minimum atomic E-state index is -4.44. The van der Waals surface area contributed by atoms with E-state index >= 15 is 0 Å². The zero-order valence-corrected chi connectivity index (χ0v) is 23.7. The van der Waals surface area contributed by atoms with Crippen molar-refractivity contribution in [3.8, 4) is 0 Å². The van der Waals surface area contributed by atoms with Crippen molar-refractivity contribution in [3.05, 3.63) is 48.6 Å². The van der Waals surface area contributed by atoms with Crippen LogP contribution in [0.15, 0.2) is 48.6 Å². The average molecular weight is 542 g/mol. The summed E-state index contributed by atoms with van der Waals surface area (Å²) in [6, 6.07) is -1.26. The number of aliphatic hydroxyl groups excluding tert-OH is 2. The number of hydrogen-bond acceptors (Lipinski definition) is 5. The van der Waals surface area contributed by atoms with E-state index in [1.54, 1.807) is 6.08 Å². The Balaban J connectivity index is 4.43. The molecule has 0 radical (unpaired) electrons. The third-order valence-electron chi connectivity index (χ3n) is 5.82. The molecule has 0 fully saturated rings. The highest BCUT2D eigenvalue weighted by molar-refractivity contribution is 7.85. The largest absolute Gasteiger partial charge is 0.387 e. The second-order valence-electron chi connectivity index (χ2n) is 9.41. The molecule has 1 amide bonds. The number of allylic oxidation sites excluding steroid dienone is 7. The topological polar surface area (TPSA) is 124 Å². The molecule has 0 aliphatic carbocycles. The maximum atomic E-state index is 12.4. The molecular weight excluding hydrogens is 490 g/mol. The summed E-state index contributed by atoms with van der Waals surface area (Å²) in [7, 11) is -4.44. The first kappa shape index (κ1) is 35.3. The molecule has 7 nitrogen and oxygen atoms in total. The molecule has 0 heterocycles. The van der Waals surface area contributed by atoms with Crippen LogP contribution in [-0.4, -0.2) is 53.1 Å². The average Bonchev–Trinajstić information content (AvgIpc) is 2.84. The number of unbranched alkanes of at least 4 members (excludes halogenated alkanes) is 8. The van der Waals surface area contributed by atoms with E-state index in [0.29, 0.717) is 12.8 Å². The van der Waals surface area contributed by atoms with Crippen LogP contribution in [0.25, 0.3) is 0 Å². The predicted octanol–water partition coefficient (Wildman–Crippen LogP) is 5.81. The molecule has 4 N–H and O–H groups in total. The molecule has 0 aromatic rings. The van der Waals surface area contributed by atoms with Crippen LogP contribution in [0.2, 0.25) is 0 Å². The Morgan fingerprint density at radius 3 is 1.89 bits per heavy atom. The maximum absolute atomic E-state index is 12.4. The van der Waals surface area contributed by atoms with Crippen molar-refractivity contribution in [1.29, 1.82) is 0 Å². The molecule has 0 rings (SSSR count). The van der Waals surface area contributed by atoms with Gasteiger partial charge in [-0.3, -0.25) is 9.35 Å². The van der Waals surface area contributed by atoms with Crippen molar-refractivity contribution >= 4 is 16.0 Å². The van der Waals surface area contributed by atoms with Crippen LogP contribution in [0.1, 0.15) is 104 Å². The van der Waals surface area contributed by atoms with E-state index in [-0.39, 0.29) is 6.42 Å². The van der Waals surface area contributed by atoms with Gasteiger partial charge in [0, 0.05) is 0 Å². The zero-order chi connectivity index (χ0) is 27.8. The van der Waals surface area contributed by atoms with Gasteiger partial charge in [-0.15, -0.1) is 0 Å². The lowest BCUT2D eigenvalue weighted by molar-refractivity contribution is -0.130. The summed E-state index contributed by atoms with van der Waals surface area (Å²) in [5.41, 5.74) is 0. The van der Waals surface area contributed by atoms with Gasteiger partial charge in [-0.2, -0.15) is 8.42 Å². The fraction of sp³-hybridized carbons (Fsp3) is 0.690. The SMILES string of the molecule is CC/C=C/CC/C=C/CC/C=C/C(O)C(CS(=O)(=O)O)NC(=O)C(O)CCCCCC/C=C\CCCC. The Labute approximate surface area is 225 Å². The van der Waals surface area contributed by atoms with Crippen LogP contribution in [-0.2, 0) is 14.9 Å². The summed E-state index contributed by atoms with van der Waals surface area (Å²) in [4.78, 5) is 12.4. The van der Waals surface area contributed by atoms with E-state index < -0.39 is 40.0 Å². The molecule has 0 aliphatic heterocycles. The number of hydrogen-bond donors (Lipinski definition) is 4. The highest BCUT2D eigenvalue weighted by atomic mass is 32.2. The number of carbonyl (C=O) groups excluding carboxylic acids is 1. The molecule has 0 spiro atoms. The lowest BCUT2D eigenvalue weighted by Gasteiger charge is -2.22. The van der Waals surface area contributed by atoms with Gasteiger partial charge in [0.2, 0.25) is 5.91 Å². The molecule has 0 bridgehead atoms. The van der Waals surface area contributed by atoms with Crippen LogP contribution in [0.3, 0.4) is 0 Å². The van der Waals surface area contributed by atoms with Gasteiger partial charge in [0.15, 0.2) is 0 Å². The minimum Gasteiger partial charge on any atom is -0.387 e. The summed E-state index contributed by atoms with van der Waals surface area (Å²) in [5.74, 6) is -1.59. The van der Waals surface area contributed by atoms with Crippen molar-refractivity contribution in [2.45, 2.75) is 122 Å². The Morgan fingerprint density at radius 1 is 0.757 bits per heavy atom. The fourth-order valence-corrected chi connectivity index (χ4v) is 4.38. The Hall–Kier alpha value is -1.74. The summed E-state index contributed by atoms with van der Waals surface area (Å²) in [6.07, 6.45) is 26.2. The lowest BCUT2D eigenvalue weighted by atomic mass is 10.1. The molecule has 3 unspecified atom stereocenters. The summed E-state index contributed by atoms with van der Waals surface area (Å²) < 4.78 is 32.0. The van der Waals surface area contributed by atoms with Crippen molar-refractivity contribution in [1.82, 2.24) is 5.32 Å². The molecule has 214 valence electrons. The van der Waals surface area contributed by atoms with Crippen LogP contribution in [0.5, 0.6) is 0 Å². The summed E-state index contributed by atoms with van der Waals surface area (Å²) in [5, 5.41) is 23.0. The van der Waals surface area contributed by atoms with Crippen LogP contribution in [0.4, 0.5) is 0 Å². The Bertz CT molecular complexity index is 788. The summed E-state index contributed by atoms with van der Waals surface area (Å²) >= 11 is 0. The van der Waals surface area contributed by atoms with E-state index in [1.807, 2.05) is 0 Å². The lowest BCUT2D eigenvalue weighted by Crippen LogP contribution is -2.50. The molecule has 3 atom stereocenters. The first-order chi connectivity index (χ1) is 17.7. The number of aliphatic hydroxyl groups is 2. The van der Waals surface area contributed by atoms with Crippen molar-refractivity contribution in [2.24, 2.45) is 0 Å². The molecule has 0 aromatic carbocycles. The Kier molecular flexibility index (Phi) is 22.3. The van der Waals surface area contributed by atoms with Gasteiger partial charge in [-0.05, 0) is 57.8 Å². The highest BCUT2D eigenvalue weighted by Gasteiger charge is 2.27. The van der Waals surface area contributed by atoms with Gasteiger partial charge in [-0.1, -0.05) is 94.6 Å². The van der Waals surface area contributed by atoms with Crippen LogP contribution in [0, 0.1) is 0 Å². The normalized spacial score (nSPS) is 15.3. The highest BCUT2D eigenvalue weighted by Crippen LogP contribution is 2.10. The molecule has 0 saturated heterocycles. The van der Waals surface area contributed by atoms with Gasteiger partial charge < -0.3 is 15.5 Å². The van der Waals surface area contributed by atoms with Crippen molar-refractivity contribution in [2.75, 3.05) is 5.75 Å². The molecule has 8 heteroatoms. The molecular formula is C29H51NO6S. The predicted molar refractivity (Wildman–Crippen MR) is 153 cm³/mol. The molecule has 0 aromatic heterocycles. The molecule has 0 aliphatic rings. The second kappa shape index (κ2) is 23.4. The maximum Gasteiger partial charge on any atom is 0.267 e. The number of nitrogens with one attached hydrogen (secondary N) is 1. The second-order valence-corrected chi connectivity index (χ2v) is 10.9. The monoisotopic (exact) mass is 541 g/mol. The smallest absolute Gasteiger partial charge is 0.267 e. The first-order valence-corrected chi connectivity index (χ1v) is 15.6.